The van der Waals surface area contributed by atoms with E-state index in [9.17, 15) is 0 Å². The predicted octanol–water partition coefficient (Wildman–Crippen LogP) is 5.94. The Labute approximate surface area is 195 Å². The van der Waals surface area contributed by atoms with Crippen LogP contribution >= 0.6 is 0 Å². The van der Waals surface area contributed by atoms with Crippen LogP contribution < -0.4 is 10.3 Å². The Morgan fingerprint density at radius 3 is 2.00 bits per heavy atom. The number of hydrogen-bond acceptors (Lipinski definition) is 2. The van der Waals surface area contributed by atoms with Crippen LogP contribution in [0.3, 0.4) is 0 Å². The van der Waals surface area contributed by atoms with Crippen molar-refractivity contribution < 1.29 is 4.57 Å². The fraction of sp³-hybridized carbons (Fsp3) is 0.172. The van der Waals surface area contributed by atoms with Gasteiger partial charge in [-0.25, -0.2) is 4.57 Å². The lowest BCUT2D eigenvalue weighted by molar-refractivity contribution is -0.690. The number of aromatic nitrogens is 3. The highest BCUT2D eigenvalue weighted by atomic mass is 15.1. The SMILES string of the molecule is CC(C)C[n+]1cnc2c(c(-c3ccccc3)c(-c3ccccc3)n2Cc2ccccc2)c1N. The standard InChI is InChI=1S/C29H28N4/c1-21(2)18-32-20-31-29-26(28(32)30)25(23-14-8-4-9-15-23)27(24-16-10-5-11-17-24)33(29)19-22-12-6-3-7-13-22/h3-17,20-21,30H,18-19H2,1-2H3/p+1. The highest BCUT2D eigenvalue weighted by Crippen LogP contribution is 2.42. The highest BCUT2D eigenvalue weighted by Gasteiger charge is 2.27. The minimum atomic E-state index is 0.469. The number of nitrogen functional groups attached to an aromatic ring is 1. The summed E-state index contributed by atoms with van der Waals surface area (Å²) in [6.07, 6.45) is 1.89. The first-order valence-electron chi connectivity index (χ1n) is 11.5. The molecule has 3 aromatic carbocycles. The van der Waals surface area contributed by atoms with Crippen molar-refractivity contribution in [2.45, 2.75) is 26.9 Å². The van der Waals surface area contributed by atoms with Gasteiger partial charge in [-0.15, -0.1) is 0 Å². The van der Waals surface area contributed by atoms with Crippen molar-refractivity contribution in [1.82, 2.24) is 9.55 Å². The smallest absolute Gasteiger partial charge is 0.232 e. The van der Waals surface area contributed by atoms with Crippen molar-refractivity contribution in [3.05, 3.63) is 103 Å². The first-order valence-corrected chi connectivity index (χ1v) is 11.5. The van der Waals surface area contributed by atoms with E-state index < -0.39 is 0 Å². The Bertz CT molecular complexity index is 1370. The average molecular weight is 434 g/mol. The van der Waals surface area contributed by atoms with Crippen LogP contribution in [0.25, 0.3) is 33.4 Å². The third kappa shape index (κ3) is 4.00. The van der Waals surface area contributed by atoms with Crippen LogP contribution in [0.15, 0.2) is 97.3 Å². The molecule has 0 aliphatic carbocycles. The van der Waals surface area contributed by atoms with Gasteiger partial charge < -0.3 is 10.3 Å². The van der Waals surface area contributed by atoms with Crippen molar-refractivity contribution in [2.75, 3.05) is 5.73 Å². The fourth-order valence-electron chi connectivity index (χ4n) is 4.55. The summed E-state index contributed by atoms with van der Waals surface area (Å²) in [6, 6.07) is 31.6. The van der Waals surface area contributed by atoms with E-state index >= 15 is 0 Å². The number of rotatable bonds is 6. The number of nitrogens with two attached hydrogens (primary N) is 1. The second-order valence-electron chi connectivity index (χ2n) is 8.90. The van der Waals surface area contributed by atoms with E-state index in [-0.39, 0.29) is 0 Å². The van der Waals surface area contributed by atoms with E-state index in [1.807, 2.05) is 6.33 Å². The van der Waals surface area contributed by atoms with E-state index in [4.69, 9.17) is 10.7 Å². The first kappa shape index (κ1) is 21.0. The molecule has 2 heterocycles. The van der Waals surface area contributed by atoms with E-state index in [0.29, 0.717) is 5.92 Å². The molecule has 2 N–H and O–H groups in total. The molecule has 0 aliphatic rings. The monoisotopic (exact) mass is 433 g/mol. The summed E-state index contributed by atoms with van der Waals surface area (Å²) >= 11 is 0. The number of fused-ring (bicyclic) bond motifs is 1. The van der Waals surface area contributed by atoms with Crippen LogP contribution in [0.5, 0.6) is 0 Å². The summed E-state index contributed by atoms with van der Waals surface area (Å²) < 4.78 is 4.40. The van der Waals surface area contributed by atoms with E-state index in [1.165, 1.54) is 5.56 Å². The molecule has 0 atom stereocenters. The molecule has 0 saturated carbocycles. The lowest BCUT2D eigenvalue weighted by atomic mass is 9.98. The van der Waals surface area contributed by atoms with Gasteiger partial charge in [0.2, 0.25) is 17.8 Å². The molecule has 0 amide bonds. The van der Waals surface area contributed by atoms with Gasteiger partial charge in [0, 0.05) is 5.56 Å². The molecule has 0 radical (unpaired) electrons. The van der Waals surface area contributed by atoms with Crippen molar-refractivity contribution in [3.8, 4) is 22.4 Å². The van der Waals surface area contributed by atoms with Crippen LogP contribution in [0, 0.1) is 5.92 Å². The highest BCUT2D eigenvalue weighted by molar-refractivity contribution is 6.07. The Morgan fingerprint density at radius 1 is 0.818 bits per heavy atom. The molecule has 0 bridgehead atoms. The summed E-state index contributed by atoms with van der Waals surface area (Å²) in [7, 11) is 0. The molecule has 5 aromatic rings. The maximum atomic E-state index is 6.87. The lowest BCUT2D eigenvalue weighted by Gasteiger charge is -2.12. The summed E-state index contributed by atoms with van der Waals surface area (Å²) in [5.74, 6) is 1.23. The zero-order chi connectivity index (χ0) is 22.8. The Hall–Kier alpha value is -3.92. The van der Waals surface area contributed by atoms with Gasteiger partial charge in [0.1, 0.15) is 5.39 Å². The van der Waals surface area contributed by atoms with Gasteiger partial charge in [-0.05, 0) is 22.6 Å². The number of anilines is 1. The van der Waals surface area contributed by atoms with Crippen molar-refractivity contribution in [1.29, 1.82) is 0 Å². The summed E-state index contributed by atoms with van der Waals surface area (Å²) in [4.78, 5) is 4.97. The maximum Gasteiger partial charge on any atom is 0.232 e. The third-order valence-electron chi connectivity index (χ3n) is 5.98. The largest absolute Gasteiger partial charge is 0.318 e. The second-order valence-corrected chi connectivity index (χ2v) is 8.90. The molecule has 0 spiro atoms. The normalized spacial score (nSPS) is 11.4. The van der Waals surface area contributed by atoms with Crippen LogP contribution in [0.4, 0.5) is 5.82 Å². The minimum Gasteiger partial charge on any atom is -0.318 e. The molecule has 33 heavy (non-hydrogen) atoms. The average Bonchev–Trinajstić information content (AvgIpc) is 3.17. The summed E-state index contributed by atoms with van der Waals surface area (Å²) in [6.45, 7) is 5.94. The number of nitrogens with zero attached hydrogens (tertiary/aromatic N) is 3. The molecule has 0 unspecified atom stereocenters. The first-order chi connectivity index (χ1) is 16.1. The third-order valence-corrected chi connectivity index (χ3v) is 5.98. The van der Waals surface area contributed by atoms with Gasteiger partial charge >= 0.3 is 0 Å². The Balaban J connectivity index is 1.88. The number of benzene rings is 3. The molecule has 0 aliphatic heterocycles. The quantitative estimate of drug-likeness (QED) is 0.337. The summed E-state index contributed by atoms with van der Waals surface area (Å²) in [5.41, 5.74) is 13.6. The Kier molecular flexibility index (Phi) is 5.66. The van der Waals surface area contributed by atoms with Gasteiger partial charge in [0.05, 0.1) is 18.8 Å². The molecule has 0 saturated heterocycles. The summed E-state index contributed by atoms with van der Waals surface area (Å²) in [5, 5.41) is 1.01. The molecule has 4 nitrogen and oxygen atoms in total. The molecule has 164 valence electrons. The van der Waals surface area contributed by atoms with Crippen molar-refractivity contribution in [2.24, 2.45) is 5.92 Å². The second kappa shape index (κ2) is 8.91. The molecule has 5 rings (SSSR count). The molecule has 2 aromatic heterocycles. The van der Waals surface area contributed by atoms with Crippen LogP contribution in [-0.2, 0) is 13.1 Å². The van der Waals surface area contributed by atoms with Gasteiger partial charge in [0.25, 0.3) is 0 Å². The minimum absolute atomic E-state index is 0.469. The van der Waals surface area contributed by atoms with E-state index in [2.05, 4.69) is 114 Å². The van der Waals surface area contributed by atoms with Crippen LogP contribution in [0.1, 0.15) is 19.4 Å². The van der Waals surface area contributed by atoms with E-state index in [1.54, 1.807) is 0 Å². The topological polar surface area (TPSA) is 47.7 Å². The van der Waals surface area contributed by atoms with Gasteiger partial charge in [0.15, 0.2) is 0 Å². The van der Waals surface area contributed by atoms with Gasteiger partial charge in [-0.1, -0.05) is 110 Å². The molecule has 4 heteroatoms. The lowest BCUT2D eigenvalue weighted by Crippen LogP contribution is -2.39. The van der Waals surface area contributed by atoms with Crippen molar-refractivity contribution in [3.63, 3.8) is 0 Å². The van der Waals surface area contributed by atoms with E-state index in [0.717, 1.165) is 52.3 Å². The van der Waals surface area contributed by atoms with Gasteiger partial charge in [-0.2, -0.15) is 0 Å². The molecular formula is C29H29N4+. The molecular weight excluding hydrogens is 404 g/mol. The molecule has 0 fully saturated rings. The van der Waals surface area contributed by atoms with Crippen LogP contribution in [-0.4, -0.2) is 9.55 Å². The Morgan fingerprint density at radius 2 is 1.39 bits per heavy atom. The van der Waals surface area contributed by atoms with Gasteiger partial charge in [-0.3, -0.25) is 0 Å². The fourth-order valence-corrected chi connectivity index (χ4v) is 4.55. The maximum absolute atomic E-state index is 6.87. The predicted molar refractivity (Wildman–Crippen MR) is 136 cm³/mol. The van der Waals surface area contributed by atoms with Crippen LogP contribution in [0.2, 0.25) is 0 Å². The number of hydrogen-bond donors (Lipinski definition) is 1. The van der Waals surface area contributed by atoms with Crippen molar-refractivity contribution >= 4 is 16.9 Å². The zero-order valence-electron chi connectivity index (χ0n) is 19.1. The zero-order valence-corrected chi connectivity index (χ0v) is 19.1.